The lowest BCUT2D eigenvalue weighted by atomic mass is 10.1. The minimum absolute atomic E-state index is 0.180. The molecule has 1 aliphatic rings. The zero-order chi connectivity index (χ0) is 13.4. The van der Waals surface area contributed by atoms with Crippen molar-refractivity contribution in [3.05, 3.63) is 63.5 Å². The van der Waals surface area contributed by atoms with Gasteiger partial charge in [-0.1, -0.05) is 30.3 Å². The summed E-state index contributed by atoms with van der Waals surface area (Å²) >= 11 is 0. The molecule has 1 aromatic carbocycles. The molecular weight excluding hydrogens is 240 g/mol. The Bertz CT molecular complexity index is 649. The largest absolute Gasteiger partial charge is 0.405 e. The average molecular weight is 256 g/mol. The second-order valence-corrected chi connectivity index (χ2v) is 4.89. The normalized spacial score (nSPS) is 18.1. The van der Waals surface area contributed by atoms with Crippen LogP contribution in [0.2, 0.25) is 0 Å². The maximum atomic E-state index is 11.4. The SMILES string of the molecule is Cc1cc(=O)oc2c1C(C)N(Cc1ccccc1)N2. The van der Waals surface area contributed by atoms with Gasteiger partial charge in [-0.15, -0.1) is 0 Å². The fourth-order valence-corrected chi connectivity index (χ4v) is 2.56. The first-order valence-corrected chi connectivity index (χ1v) is 6.37. The Kier molecular flexibility index (Phi) is 2.87. The highest BCUT2D eigenvalue weighted by molar-refractivity contribution is 5.50. The Labute approximate surface area is 111 Å². The fraction of sp³-hybridized carbons (Fsp3) is 0.267. The third kappa shape index (κ3) is 2.15. The molecule has 0 spiro atoms. The first-order chi connectivity index (χ1) is 9.15. The molecule has 0 bridgehead atoms. The van der Waals surface area contributed by atoms with E-state index in [2.05, 4.69) is 29.5 Å². The minimum atomic E-state index is -0.308. The predicted octanol–water partition coefficient (Wildman–Crippen LogP) is 2.85. The van der Waals surface area contributed by atoms with Crippen LogP contribution in [0.5, 0.6) is 0 Å². The van der Waals surface area contributed by atoms with Crippen molar-refractivity contribution in [3.8, 4) is 0 Å². The number of nitrogens with one attached hydrogen (secondary N) is 1. The van der Waals surface area contributed by atoms with Crippen LogP contribution in [0, 0.1) is 6.92 Å². The lowest BCUT2D eigenvalue weighted by Crippen LogP contribution is -2.26. The first kappa shape index (κ1) is 12.0. The Morgan fingerprint density at radius 1 is 1.32 bits per heavy atom. The van der Waals surface area contributed by atoms with Crippen LogP contribution in [-0.2, 0) is 6.54 Å². The summed E-state index contributed by atoms with van der Waals surface area (Å²) < 4.78 is 5.23. The summed E-state index contributed by atoms with van der Waals surface area (Å²) in [6, 6.07) is 11.9. The van der Waals surface area contributed by atoms with E-state index in [-0.39, 0.29) is 11.7 Å². The molecule has 4 nitrogen and oxygen atoms in total. The van der Waals surface area contributed by atoms with Crippen molar-refractivity contribution in [1.29, 1.82) is 0 Å². The summed E-state index contributed by atoms with van der Waals surface area (Å²) in [7, 11) is 0. The fourth-order valence-electron chi connectivity index (χ4n) is 2.56. The van der Waals surface area contributed by atoms with E-state index in [1.165, 1.54) is 5.56 Å². The molecule has 0 aliphatic carbocycles. The van der Waals surface area contributed by atoms with E-state index in [1.54, 1.807) is 6.07 Å². The Hall–Kier alpha value is -2.07. The summed E-state index contributed by atoms with van der Waals surface area (Å²) in [6.07, 6.45) is 0. The van der Waals surface area contributed by atoms with Gasteiger partial charge in [0, 0.05) is 18.2 Å². The topological polar surface area (TPSA) is 45.5 Å². The minimum Gasteiger partial charge on any atom is -0.405 e. The van der Waals surface area contributed by atoms with Gasteiger partial charge in [0.05, 0.1) is 6.04 Å². The van der Waals surface area contributed by atoms with E-state index in [9.17, 15) is 4.79 Å². The second-order valence-electron chi connectivity index (χ2n) is 4.89. The van der Waals surface area contributed by atoms with Crippen LogP contribution < -0.4 is 11.1 Å². The third-order valence-corrected chi connectivity index (χ3v) is 3.53. The second kappa shape index (κ2) is 4.55. The number of nitrogens with zero attached hydrogens (tertiary/aromatic N) is 1. The molecule has 4 heteroatoms. The van der Waals surface area contributed by atoms with Gasteiger partial charge < -0.3 is 4.42 Å². The first-order valence-electron chi connectivity index (χ1n) is 6.37. The highest BCUT2D eigenvalue weighted by atomic mass is 16.4. The van der Waals surface area contributed by atoms with E-state index < -0.39 is 0 Å². The number of aryl methyl sites for hydroxylation is 1. The van der Waals surface area contributed by atoms with E-state index in [1.807, 2.05) is 25.1 Å². The maximum Gasteiger partial charge on any atom is 0.337 e. The van der Waals surface area contributed by atoms with E-state index in [0.717, 1.165) is 17.7 Å². The van der Waals surface area contributed by atoms with E-state index in [4.69, 9.17) is 4.42 Å². The van der Waals surface area contributed by atoms with Gasteiger partial charge in [-0.3, -0.25) is 5.43 Å². The molecule has 3 rings (SSSR count). The van der Waals surface area contributed by atoms with Gasteiger partial charge in [0.15, 0.2) is 0 Å². The quantitative estimate of drug-likeness (QED) is 0.897. The van der Waals surface area contributed by atoms with Crippen LogP contribution in [0.1, 0.15) is 29.7 Å². The smallest absolute Gasteiger partial charge is 0.337 e. The maximum absolute atomic E-state index is 11.4. The molecule has 1 atom stereocenters. The number of hydrogen-bond donors (Lipinski definition) is 1. The molecule has 98 valence electrons. The van der Waals surface area contributed by atoms with Crippen molar-refractivity contribution in [2.45, 2.75) is 26.4 Å². The summed E-state index contributed by atoms with van der Waals surface area (Å²) in [6.45, 7) is 4.81. The van der Waals surface area contributed by atoms with Crippen molar-refractivity contribution >= 4 is 5.88 Å². The van der Waals surface area contributed by atoms with Crippen LogP contribution in [-0.4, -0.2) is 5.01 Å². The number of fused-ring (bicyclic) bond motifs is 1. The molecule has 1 N–H and O–H groups in total. The van der Waals surface area contributed by atoms with Crippen LogP contribution in [0.3, 0.4) is 0 Å². The number of hydrazine groups is 1. The van der Waals surface area contributed by atoms with Gasteiger partial charge in [0.2, 0.25) is 5.88 Å². The van der Waals surface area contributed by atoms with Crippen molar-refractivity contribution in [2.75, 3.05) is 5.43 Å². The van der Waals surface area contributed by atoms with Gasteiger partial charge in [-0.2, -0.15) is 0 Å². The van der Waals surface area contributed by atoms with E-state index >= 15 is 0 Å². The van der Waals surface area contributed by atoms with Gasteiger partial charge in [-0.05, 0) is 25.0 Å². The molecule has 0 radical (unpaired) electrons. The van der Waals surface area contributed by atoms with Gasteiger partial charge in [-0.25, -0.2) is 9.80 Å². The van der Waals surface area contributed by atoms with E-state index in [0.29, 0.717) is 5.88 Å². The molecular formula is C15H16N2O2. The predicted molar refractivity (Wildman–Crippen MR) is 73.7 cm³/mol. The van der Waals surface area contributed by atoms with Crippen molar-refractivity contribution in [3.63, 3.8) is 0 Å². The zero-order valence-electron chi connectivity index (χ0n) is 11.0. The number of rotatable bonds is 2. The number of benzene rings is 1. The van der Waals surface area contributed by atoms with Crippen molar-refractivity contribution in [1.82, 2.24) is 5.01 Å². The summed E-state index contributed by atoms with van der Waals surface area (Å²) in [5.74, 6) is 0.577. The van der Waals surface area contributed by atoms with Crippen LogP contribution in [0.15, 0.2) is 45.6 Å². The molecule has 2 aromatic rings. The number of hydrogen-bond acceptors (Lipinski definition) is 4. The molecule has 0 amide bonds. The molecule has 1 unspecified atom stereocenters. The zero-order valence-corrected chi connectivity index (χ0v) is 11.0. The Morgan fingerprint density at radius 2 is 2.05 bits per heavy atom. The molecule has 0 saturated carbocycles. The van der Waals surface area contributed by atoms with Gasteiger partial charge in [0.1, 0.15) is 0 Å². The van der Waals surface area contributed by atoms with Crippen LogP contribution in [0.4, 0.5) is 5.88 Å². The third-order valence-electron chi connectivity index (χ3n) is 3.53. The summed E-state index contributed by atoms with van der Waals surface area (Å²) in [4.78, 5) is 11.4. The van der Waals surface area contributed by atoms with Crippen LogP contribution in [0.25, 0.3) is 0 Å². The molecule has 19 heavy (non-hydrogen) atoms. The lowest BCUT2D eigenvalue weighted by molar-refractivity contribution is 0.267. The van der Waals surface area contributed by atoms with Gasteiger partial charge in [0.25, 0.3) is 0 Å². The Morgan fingerprint density at radius 3 is 2.79 bits per heavy atom. The molecule has 2 heterocycles. The molecule has 1 aromatic heterocycles. The highest BCUT2D eigenvalue weighted by Crippen LogP contribution is 2.36. The van der Waals surface area contributed by atoms with Crippen molar-refractivity contribution < 1.29 is 4.42 Å². The molecule has 0 saturated heterocycles. The molecule has 1 aliphatic heterocycles. The number of anilines is 1. The lowest BCUT2D eigenvalue weighted by Gasteiger charge is -2.21. The monoisotopic (exact) mass is 256 g/mol. The average Bonchev–Trinajstić information content (AvgIpc) is 2.67. The molecule has 0 fully saturated rings. The Balaban J connectivity index is 1.89. The van der Waals surface area contributed by atoms with Crippen molar-refractivity contribution in [2.24, 2.45) is 0 Å². The summed E-state index contributed by atoms with van der Waals surface area (Å²) in [5, 5.41) is 2.08. The summed E-state index contributed by atoms with van der Waals surface area (Å²) in [5.41, 5.74) is 6.13. The standard InChI is InChI=1S/C15H16N2O2/c1-10-8-13(18)19-15-14(10)11(2)17(16-15)9-12-6-4-3-5-7-12/h3-8,11,16H,9H2,1-2H3. The highest BCUT2D eigenvalue weighted by Gasteiger charge is 2.30. The van der Waals surface area contributed by atoms with Gasteiger partial charge >= 0.3 is 5.63 Å². The van der Waals surface area contributed by atoms with Crippen LogP contribution >= 0.6 is 0 Å².